The molecule has 5 nitrogen and oxygen atoms in total. The van der Waals surface area contributed by atoms with Gasteiger partial charge < -0.3 is 20.6 Å². The average Bonchev–Trinajstić information content (AvgIpc) is 3.04. The summed E-state index contributed by atoms with van der Waals surface area (Å²) >= 11 is 0. The van der Waals surface area contributed by atoms with Gasteiger partial charge in [0.1, 0.15) is 6.10 Å². The molecular weight excluding hydrogens is 558 g/mol. The second-order valence-electron chi connectivity index (χ2n) is 13.9. The van der Waals surface area contributed by atoms with Crippen molar-refractivity contribution in [2.45, 2.75) is 231 Å². The van der Waals surface area contributed by atoms with Gasteiger partial charge in [0.2, 0.25) is 5.91 Å². The summed E-state index contributed by atoms with van der Waals surface area (Å²) in [6.45, 7) is 4.18. The first-order valence-corrected chi connectivity index (χ1v) is 20.0. The maximum atomic E-state index is 12.4. The monoisotopic (exact) mass is 638 g/mol. The highest BCUT2D eigenvalue weighted by atomic mass is 16.3. The predicted octanol–water partition coefficient (Wildman–Crippen LogP) is 10.9. The fourth-order valence-electron chi connectivity index (χ4n) is 6.18. The summed E-state index contributed by atoms with van der Waals surface area (Å²) in [5, 5.41) is 33.0. The van der Waals surface area contributed by atoms with Crippen LogP contribution in [-0.2, 0) is 4.79 Å². The van der Waals surface area contributed by atoms with E-state index in [2.05, 4.69) is 19.2 Å². The molecule has 0 aromatic rings. The Morgan fingerprint density at radius 2 is 0.867 bits per heavy atom. The Balaban J connectivity index is 3.68. The number of nitrogens with one attached hydrogen (secondary N) is 1. The van der Waals surface area contributed by atoms with Crippen LogP contribution in [0, 0.1) is 0 Å². The third-order valence-electron chi connectivity index (χ3n) is 9.38. The first-order chi connectivity index (χ1) is 22.1. The lowest BCUT2D eigenvalue weighted by molar-refractivity contribution is -0.131. The second kappa shape index (κ2) is 35.9. The van der Waals surface area contributed by atoms with Gasteiger partial charge in [-0.3, -0.25) is 4.79 Å². The molecule has 0 spiro atoms. The Hall–Kier alpha value is -0.910. The molecule has 0 aliphatic rings. The molecule has 1 amide bonds. The van der Waals surface area contributed by atoms with Crippen molar-refractivity contribution in [3.8, 4) is 0 Å². The van der Waals surface area contributed by atoms with Gasteiger partial charge in [-0.2, -0.15) is 0 Å². The molecule has 0 saturated carbocycles. The van der Waals surface area contributed by atoms with Crippen LogP contribution in [-0.4, -0.2) is 46.1 Å². The quantitative estimate of drug-likeness (QED) is 0.0406. The number of aliphatic hydroxyl groups excluding tert-OH is 3. The molecule has 3 unspecified atom stereocenters. The fraction of sp³-hybridized carbons (Fsp3) is 0.925. The first-order valence-electron chi connectivity index (χ1n) is 20.0. The normalized spacial score (nSPS) is 13.8. The number of amides is 1. The molecule has 0 radical (unpaired) electrons. The summed E-state index contributed by atoms with van der Waals surface area (Å²) in [7, 11) is 0. The largest absolute Gasteiger partial charge is 0.394 e. The van der Waals surface area contributed by atoms with Crippen LogP contribution in [0.1, 0.15) is 213 Å². The van der Waals surface area contributed by atoms with Crippen molar-refractivity contribution < 1.29 is 20.1 Å². The standard InChI is InChI=1S/C40H79NO4/c1-3-5-7-9-11-13-15-17-19-20-21-23-25-27-29-31-33-35-39(44)40(45)41-37(36-42)38(43)34-32-30-28-26-24-22-18-16-14-12-10-8-6-4-2/h32,34,37-39,42-44H,3-31,33,35-36H2,1-2H3,(H,41,45)/b34-32+. The van der Waals surface area contributed by atoms with Crippen molar-refractivity contribution in [1.29, 1.82) is 0 Å². The minimum Gasteiger partial charge on any atom is -0.394 e. The zero-order valence-corrected chi connectivity index (χ0v) is 30.3. The third kappa shape index (κ3) is 31.5. The van der Waals surface area contributed by atoms with Gasteiger partial charge in [0.25, 0.3) is 0 Å². The number of rotatable bonds is 36. The maximum absolute atomic E-state index is 12.4. The van der Waals surface area contributed by atoms with Gasteiger partial charge in [0.05, 0.1) is 18.8 Å². The molecule has 0 aliphatic heterocycles. The van der Waals surface area contributed by atoms with Crippen LogP contribution in [0.2, 0.25) is 0 Å². The summed E-state index contributed by atoms with van der Waals surface area (Å²) in [6.07, 6.45) is 40.8. The summed E-state index contributed by atoms with van der Waals surface area (Å²) in [6, 6.07) is -0.791. The number of hydrogen-bond donors (Lipinski definition) is 4. The van der Waals surface area contributed by atoms with Crippen molar-refractivity contribution >= 4 is 5.91 Å². The van der Waals surface area contributed by atoms with E-state index in [1.165, 1.54) is 161 Å². The van der Waals surface area contributed by atoms with E-state index in [0.29, 0.717) is 6.42 Å². The maximum Gasteiger partial charge on any atom is 0.249 e. The molecule has 5 heteroatoms. The fourth-order valence-corrected chi connectivity index (χ4v) is 6.18. The van der Waals surface area contributed by atoms with Crippen LogP contribution >= 0.6 is 0 Å². The zero-order chi connectivity index (χ0) is 33.1. The summed E-state index contributed by atoms with van der Waals surface area (Å²) in [5.74, 6) is -0.501. The van der Waals surface area contributed by atoms with E-state index in [0.717, 1.165) is 32.1 Å². The third-order valence-corrected chi connectivity index (χ3v) is 9.38. The van der Waals surface area contributed by atoms with Gasteiger partial charge >= 0.3 is 0 Å². The van der Waals surface area contributed by atoms with Crippen LogP contribution in [0.15, 0.2) is 12.2 Å². The molecule has 0 aromatic carbocycles. The van der Waals surface area contributed by atoms with Gasteiger partial charge in [-0.15, -0.1) is 0 Å². The van der Waals surface area contributed by atoms with Gasteiger partial charge in [-0.1, -0.05) is 206 Å². The van der Waals surface area contributed by atoms with E-state index in [-0.39, 0.29) is 6.61 Å². The molecule has 4 N–H and O–H groups in total. The van der Waals surface area contributed by atoms with Gasteiger partial charge in [0.15, 0.2) is 0 Å². The van der Waals surface area contributed by atoms with Crippen LogP contribution in [0.4, 0.5) is 0 Å². The van der Waals surface area contributed by atoms with Crippen LogP contribution in [0.3, 0.4) is 0 Å². The summed E-state index contributed by atoms with van der Waals surface area (Å²) in [5.41, 5.74) is 0. The van der Waals surface area contributed by atoms with Crippen molar-refractivity contribution in [3.05, 3.63) is 12.2 Å². The Morgan fingerprint density at radius 3 is 1.22 bits per heavy atom. The highest BCUT2D eigenvalue weighted by molar-refractivity contribution is 5.80. The smallest absolute Gasteiger partial charge is 0.249 e. The highest BCUT2D eigenvalue weighted by Gasteiger charge is 2.22. The van der Waals surface area contributed by atoms with Crippen LogP contribution in [0.25, 0.3) is 0 Å². The highest BCUT2D eigenvalue weighted by Crippen LogP contribution is 2.15. The Bertz CT molecular complexity index is 625. The number of unbranched alkanes of at least 4 members (excludes halogenated alkanes) is 28. The summed E-state index contributed by atoms with van der Waals surface area (Å²) < 4.78 is 0. The van der Waals surface area contributed by atoms with Crippen LogP contribution in [0.5, 0.6) is 0 Å². The molecule has 0 aromatic heterocycles. The van der Waals surface area contributed by atoms with E-state index < -0.39 is 24.2 Å². The van der Waals surface area contributed by atoms with Gasteiger partial charge in [0, 0.05) is 0 Å². The first kappa shape index (κ1) is 44.1. The summed E-state index contributed by atoms with van der Waals surface area (Å²) in [4.78, 5) is 12.4. The number of carbonyl (C=O) groups excluding carboxylic acids is 1. The molecular formula is C40H79NO4. The second-order valence-corrected chi connectivity index (χ2v) is 13.9. The van der Waals surface area contributed by atoms with Crippen molar-refractivity contribution in [1.82, 2.24) is 5.32 Å². The van der Waals surface area contributed by atoms with E-state index in [9.17, 15) is 20.1 Å². The van der Waals surface area contributed by atoms with Crippen LogP contribution < -0.4 is 5.32 Å². The lowest BCUT2D eigenvalue weighted by atomic mass is 10.0. The molecule has 0 heterocycles. The number of carbonyl (C=O) groups is 1. The number of allylic oxidation sites excluding steroid dienone is 1. The Kier molecular flexibility index (Phi) is 35.2. The predicted molar refractivity (Wildman–Crippen MR) is 195 cm³/mol. The number of aliphatic hydroxyl groups is 3. The topological polar surface area (TPSA) is 89.8 Å². The lowest BCUT2D eigenvalue weighted by Gasteiger charge is -2.21. The molecule has 3 atom stereocenters. The molecule has 0 fully saturated rings. The van der Waals surface area contributed by atoms with Gasteiger partial charge in [-0.05, 0) is 19.3 Å². The SMILES string of the molecule is CCCCCCCCCCCCCC/C=C/C(O)C(CO)NC(=O)C(O)CCCCCCCCCCCCCCCCCCC. The minimum absolute atomic E-state index is 0.359. The van der Waals surface area contributed by atoms with Crippen molar-refractivity contribution in [2.75, 3.05) is 6.61 Å². The molecule has 0 saturated heterocycles. The van der Waals surface area contributed by atoms with Crippen molar-refractivity contribution in [2.24, 2.45) is 0 Å². The van der Waals surface area contributed by atoms with E-state index in [1.807, 2.05) is 6.08 Å². The Morgan fingerprint density at radius 1 is 0.533 bits per heavy atom. The molecule has 268 valence electrons. The van der Waals surface area contributed by atoms with Crippen molar-refractivity contribution in [3.63, 3.8) is 0 Å². The van der Waals surface area contributed by atoms with E-state index >= 15 is 0 Å². The molecule has 0 bridgehead atoms. The average molecular weight is 638 g/mol. The zero-order valence-electron chi connectivity index (χ0n) is 30.3. The molecule has 0 aliphatic carbocycles. The minimum atomic E-state index is -1.09. The lowest BCUT2D eigenvalue weighted by Crippen LogP contribution is -2.48. The number of hydrogen-bond acceptors (Lipinski definition) is 4. The van der Waals surface area contributed by atoms with E-state index in [1.54, 1.807) is 6.08 Å². The molecule has 0 rings (SSSR count). The Labute approximate surface area is 280 Å². The van der Waals surface area contributed by atoms with E-state index in [4.69, 9.17) is 0 Å². The molecule has 45 heavy (non-hydrogen) atoms. The van der Waals surface area contributed by atoms with Gasteiger partial charge in [-0.25, -0.2) is 0 Å².